The highest BCUT2D eigenvalue weighted by Gasteiger charge is 2.28. The van der Waals surface area contributed by atoms with Crippen molar-refractivity contribution >= 4 is 34.8 Å². The van der Waals surface area contributed by atoms with E-state index in [9.17, 15) is 13.2 Å². The highest BCUT2D eigenvalue weighted by atomic mass is 19.1. The fourth-order valence-corrected chi connectivity index (χ4v) is 14.9. The van der Waals surface area contributed by atoms with Gasteiger partial charge in [-0.3, -0.25) is 18.1 Å². The molecule has 99 heavy (non-hydrogen) atoms. The number of imidazole rings is 3. The first-order valence-electron chi connectivity index (χ1n) is 34.5. The number of rotatable bonds is 15. The second-order valence-electron chi connectivity index (χ2n) is 26.5. The number of hydrogen-bond acceptors (Lipinski definition) is 15. The Morgan fingerprint density at radius 3 is 1.09 bits per heavy atom. The predicted octanol–water partition coefficient (Wildman–Crippen LogP) is 14.4. The van der Waals surface area contributed by atoms with E-state index in [1.54, 1.807) is 18.2 Å². The summed E-state index contributed by atoms with van der Waals surface area (Å²) in [5.74, 6) is 3.56. The number of nitrogens with zero attached hydrogens (tertiary/aromatic N) is 10. The normalized spacial score (nSPS) is 17.4. The predicted molar refractivity (Wildman–Crippen MR) is 378 cm³/mol. The van der Waals surface area contributed by atoms with Gasteiger partial charge in [0.15, 0.2) is 0 Å². The first-order valence-corrected chi connectivity index (χ1v) is 34.5. The van der Waals surface area contributed by atoms with Crippen LogP contribution in [0.15, 0.2) is 146 Å². The summed E-state index contributed by atoms with van der Waals surface area (Å²) in [7, 11) is 2.16. The molecule has 0 bridgehead atoms. The van der Waals surface area contributed by atoms with Gasteiger partial charge < -0.3 is 40.8 Å². The first kappa shape index (κ1) is 63.4. The average molecular weight is 1330 g/mol. The zero-order valence-corrected chi connectivity index (χ0v) is 55.9. The Kier molecular flexibility index (Phi) is 17.4. The second-order valence-corrected chi connectivity index (χ2v) is 26.5. The summed E-state index contributed by atoms with van der Waals surface area (Å²) in [5.41, 5.74) is 20.1. The molecule has 0 aliphatic carbocycles. The molecule has 6 aliphatic heterocycles. The number of hydrogen-bond donors (Lipinski definition) is 5. The van der Waals surface area contributed by atoms with E-state index in [2.05, 4.69) is 126 Å². The third-order valence-electron chi connectivity index (χ3n) is 20.2. The van der Waals surface area contributed by atoms with Crippen molar-refractivity contribution in [1.82, 2.24) is 58.6 Å². The molecule has 12 aromatic rings. The zero-order valence-electron chi connectivity index (χ0n) is 55.9. The minimum Gasteiger partial charge on any atom is -0.493 e. The molecule has 3 atom stereocenters. The monoisotopic (exact) mass is 1330 g/mol. The molecule has 6 aromatic carbocycles. The summed E-state index contributed by atoms with van der Waals surface area (Å²) in [4.78, 5) is 30.7. The summed E-state index contributed by atoms with van der Waals surface area (Å²) >= 11 is 0. The maximum atomic E-state index is 14.6. The first-order chi connectivity index (χ1) is 48.4. The molecule has 18 rings (SSSR count). The third kappa shape index (κ3) is 12.6. The molecule has 0 amide bonds. The van der Waals surface area contributed by atoms with Gasteiger partial charge in [0.1, 0.15) is 51.6 Å². The van der Waals surface area contributed by atoms with E-state index < -0.39 is 0 Å². The number of benzene rings is 6. The fraction of sp³-hybridized carbons (Fsp3) is 0.308. The SMILES string of the molecule is Cc1cn2c(NCc3c(F)ccc4c3CCO4)ncc(-c3ccc(C4CCN4C)cc3)c2n1.Cc1cn2c(NCc3c(F)ccc4c3CCO4)ncc(-c3ccc([C@@H]4CCCN4)cc3)c2n1.Cc1cn2c(NCc3c(F)ccc4c3CCO4)ncc(-c3ccc([C@H]4CCCN4)cc3)c2n1. The highest BCUT2D eigenvalue weighted by Crippen LogP contribution is 2.38. The molecule has 12 heterocycles. The molecule has 0 radical (unpaired) electrons. The second kappa shape index (κ2) is 27.2. The molecular weight excluding hydrogens is 1250 g/mol. The van der Waals surface area contributed by atoms with Crippen LogP contribution in [0.2, 0.25) is 0 Å². The van der Waals surface area contributed by atoms with Crippen LogP contribution in [0.3, 0.4) is 0 Å². The van der Waals surface area contributed by atoms with E-state index in [1.807, 2.05) is 71.2 Å². The van der Waals surface area contributed by atoms with E-state index in [4.69, 9.17) is 29.2 Å². The topological polar surface area (TPSA) is 182 Å². The van der Waals surface area contributed by atoms with Gasteiger partial charge in [0.25, 0.3) is 0 Å². The van der Waals surface area contributed by atoms with Crippen molar-refractivity contribution in [2.45, 2.75) is 110 Å². The largest absolute Gasteiger partial charge is 0.493 e. The summed E-state index contributed by atoms with van der Waals surface area (Å²) in [5, 5.41) is 17.1. The molecule has 0 spiro atoms. The molecule has 1 unspecified atom stereocenters. The summed E-state index contributed by atoms with van der Waals surface area (Å²) in [6.45, 7) is 12.0. The van der Waals surface area contributed by atoms with E-state index in [-0.39, 0.29) is 17.5 Å². The fourth-order valence-electron chi connectivity index (χ4n) is 14.9. The number of likely N-dealkylation sites (tertiary alicyclic amines) is 1. The molecule has 21 heteroatoms. The Bertz CT molecular complexity index is 4510. The maximum absolute atomic E-state index is 14.6. The number of ether oxygens (including phenoxy) is 3. The number of nitrogens with one attached hydrogen (secondary N) is 5. The summed E-state index contributed by atoms with van der Waals surface area (Å²) < 4.78 is 66.3. The summed E-state index contributed by atoms with van der Waals surface area (Å²) in [6, 6.07) is 37.0. The van der Waals surface area contributed by atoms with Crippen molar-refractivity contribution in [1.29, 1.82) is 0 Å². The van der Waals surface area contributed by atoms with Crippen LogP contribution in [-0.2, 0) is 38.9 Å². The van der Waals surface area contributed by atoms with Gasteiger partial charge >= 0.3 is 0 Å². The molecule has 3 saturated heterocycles. The van der Waals surface area contributed by atoms with Crippen LogP contribution >= 0.6 is 0 Å². The van der Waals surface area contributed by atoms with Gasteiger partial charge in [0.05, 0.1) is 36.9 Å². The number of anilines is 3. The molecule has 5 N–H and O–H groups in total. The molecular formula is C78H78F3N15O3. The Labute approximate surface area is 572 Å². The lowest BCUT2D eigenvalue weighted by atomic mass is 9.94. The van der Waals surface area contributed by atoms with Gasteiger partial charge in [-0.2, -0.15) is 0 Å². The van der Waals surface area contributed by atoms with Gasteiger partial charge in [-0.1, -0.05) is 72.8 Å². The quantitative estimate of drug-likeness (QED) is 0.0653. The van der Waals surface area contributed by atoms with Crippen LogP contribution < -0.4 is 40.8 Å². The summed E-state index contributed by atoms with van der Waals surface area (Å²) in [6.07, 6.45) is 19.6. The number of aromatic nitrogens is 9. The highest BCUT2D eigenvalue weighted by molar-refractivity contribution is 5.81. The van der Waals surface area contributed by atoms with Crippen LogP contribution in [-0.4, -0.2) is 94.5 Å². The van der Waals surface area contributed by atoms with Gasteiger partial charge in [0.2, 0.25) is 17.8 Å². The Morgan fingerprint density at radius 1 is 0.444 bits per heavy atom. The minimum absolute atomic E-state index is 0.223. The van der Waals surface area contributed by atoms with Gasteiger partial charge in [-0.05, 0) is 143 Å². The van der Waals surface area contributed by atoms with E-state index in [0.717, 1.165) is 140 Å². The van der Waals surface area contributed by atoms with Crippen LogP contribution in [0.25, 0.3) is 50.3 Å². The average Bonchev–Trinajstić information content (AvgIpc) is 1.71. The van der Waals surface area contributed by atoms with Crippen LogP contribution in [0, 0.1) is 38.2 Å². The minimum atomic E-state index is -0.224. The van der Waals surface area contributed by atoms with Crippen molar-refractivity contribution in [2.75, 3.05) is 62.5 Å². The molecule has 18 nitrogen and oxygen atoms in total. The maximum Gasteiger partial charge on any atom is 0.208 e. The van der Waals surface area contributed by atoms with Crippen molar-refractivity contribution in [3.63, 3.8) is 0 Å². The lowest BCUT2D eigenvalue weighted by Crippen LogP contribution is -2.37. The van der Waals surface area contributed by atoms with E-state index >= 15 is 0 Å². The van der Waals surface area contributed by atoms with Gasteiger partial charge in [-0.15, -0.1) is 0 Å². The molecule has 6 aromatic heterocycles. The Hall–Kier alpha value is -10.4. The molecule has 3 fully saturated rings. The van der Waals surface area contributed by atoms with Crippen LogP contribution in [0.1, 0.15) is 117 Å². The lowest BCUT2D eigenvalue weighted by Gasteiger charge is -2.38. The standard InChI is InChI=1S/3C26H26FN5O/c1-16-15-32-25(30-16)20(17-3-5-18(6-4-17)23-9-11-31(23)2)13-28-26(32)29-14-21-19-10-12-33-24(19)8-7-22(21)27;2*1-16-15-32-25(31-16)20(17-4-6-18(7-5-17)23-3-2-11-28-23)13-29-26(32)30-14-21-19-10-12-33-24(19)9-8-22(21)27/h3-8,13,15,23H,9-12,14H2,1-2H3,(H,28,29);2*4-9,13,15,23,28H,2-3,10-12,14H2,1H3,(H,29,30)/t;2*23-/m.10/s1. The van der Waals surface area contributed by atoms with Crippen LogP contribution in [0.4, 0.5) is 31.0 Å². The lowest BCUT2D eigenvalue weighted by molar-refractivity contribution is 0.128. The van der Waals surface area contributed by atoms with Gasteiger partial charge in [0, 0.05) is 151 Å². The van der Waals surface area contributed by atoms with Crippen molar-refractivity contribution in [2.24, 2.45) is 0 Å². The van der Waals surface area contributed by atoms with Crippen LogP contribution in [0.5, 0.6) is 17.2 Å². The number of fused-ring (bicyclic) bond motifs is 6. The van der Waals surface area contributed by atoms with Gasteiger partial charge in [-0.25, -0.2) is 43.1 Å². The Balaban J connectivity index is 0.000000116. The van der Waals surface area contributed by atoms with Crippen molar-refractivity contribution in [3.05, 3.63) is 231 Å². The van der Waals surface area contributed by atoms with E-state index in [1.165, 1.54) is 67.0 Å². The molecule has 6 aliphatic rings. The van der Waals surface area contributed by atoms with E-state index in [0.29, 0.717) is 92.1 Å². The smallest absolute Gasteiger partial charge is 0.208 e. The zero-order chi connectivity index (χ0) is 67.3. The molecule has 0 saturated carbocycles. The number of halogens is 3. The Morgan fingerprint density at radius 2 is 0.788 bits per heavy atom. The van der Waals surface area contributed by atoms with Crippen molar-refractivity contribution < 1.29 is 27.4 Å². The van der Waals surface area contributed by atoms with Crippen molar-refractivity contribution in [3.8, 4) is 50.6 Å². The molecule has 504 valence electrons. The third-order valence-corrected chi connectivity index (χ3v) is 20.2. The number of aryl methyl sites for hydroxylation is 3.